The maximum Gasteiger partial charge on any atom is 0.335 e. The molecule has 0 aromatic heterocycles. The van der Waals surface area contributed by atoms with Crippen LogP contribution in [-0.4, -0.2) is 23.7 Å². The van der Waals surface area contributed by atoms with Gasteiger partial charge in [-0.2, -0.15) is 0 Å². The van der Waals surface area contributed by atoms with Crippen LogP contribution < -0.4 is 5.73 Å². The second-order valence-electron chi connectivity index (χ2n) is 3.36. The van der Waals surface area contributed by atoms with Gasteiger partial charge in [0.05, 0.1) is 18.3 Å². The highest BCUT2D eigenvalue weighted by atomic mass is 16.5. The maximum absolute atomic E-state index is 10.7. The van der Waals surface area contributed by atoms with Gasteiger partial charge in [-0.25, -0.2) is 4.79 Å². The van der Waals surface area contributed by atoms with Gasteiger partial charge in [-0.15, -0.1) is 0 Å². The Balaban J connectivity index is 2.62. The predicted molar refractivity (Wildman–Crippen MR) is 56.7 cm³/mol. The van der Waals surface area contributed by atoms with E-state index in [1.807, 2.05) is 13.0 Å². The zero-order valence-electron chi connectivity index (χ0n) is 8.64. The Hall–Kier alpha value is -1.39. The Bertz CT molecular complexity index is 338. The first kappa shape index (κ1) is 11.7. The lowest BCUT2D eigenvalue weighted by molar-refractivity contribution is 0.0588. The summed E-state index contributed by atoms with van der Waals surface area (Å²) in [5.74, 6) is -0.927. The molecule has 0 bridgehead atoms. The summed E-state index contributed by atoms with van der Waals surface area (Å²) in [4.78, 5) is 10.7. The van der Waals surface area contributed by atoms with Crippen LogP contribution in [-0.2, 0) is 11.3 Å². The summed E-state index contributed by atoms with van der Waals surface area (Å²) >= 11 is 0. The number of carboxylic acids is 1. The molecule has 82 valence electrons. The summed E-state index contributed by atoms with van der Waals surface area (Å²) in [6.45, 7) is 2.72. The zero-order chi connectivity index (χ0) is 11.3. The molecule has 0 amide bonds. The molecule has 0 heterocycles. The lowest BCUT2D eigenvalue weighted by atomic mass is 10.1. The molecule has 0 saturated heterocycles. The highest BCUT2D eigenvalue weighted by Crippen LogP contribution is 2.07. The van der Waals surface area contributed by atoms with Gasteiger partial charge in [0.1, 0.15) is 0 Å². The standard InChI is InChI=1S/C11H15NO3/c1-8(6-12)15-7-9-3-2-4-10(5-9)11(13)14/h2-5,8H,6-7,12H2,1H3,(H,13,14). The molecular formula is C11H15NO3. The van der Waals surface area contributed by atoms with Crippen LogP contribution in [0, 0.1) is 0 Å². The molecule has 3 N–H and O–H groups in total. The van der Waals surface area contributed by atoms with Gasteiger partial charge >= 0.3 is 5.97 Å². The molecule has 0 fully saturated rings. The number of aromatic carboxylic acids is 1. The number of benzene rings is 1. The summed E-state index contributed by atoms with van der Waals surface area (Å²) in [6, 6.07) is 6.69. The number of nitrogens with two attached hydrogens (primary N) is 1. The highest BCUT2D eigenvalue weighted by Gasteiger charge is 2.04. The molecule has 4 nitrogen and oxygen atoms in total. The van der Waals surface area contributed by atoms with Crippen LogP contribution in [0.4, 0.5) is 0 Å². The maximum atomic E-state index is 10.7. The quantitative estimate of drug-likeness (QED) is 0.765. The molecule has 0 spiro atoms. The van der Waals surface area contributed by atoms with Crippen LogP contribution in [0.2, 0.25) is 0 Å². The summed E-state index contributed by atoms with van der Waals surface area (Å²) < 4.78 is 5.39. The Labute approximate surface area is 88.7 Å². The molecule has 0 radical (unpaired) electrons. The van der Waals surface area contributed by atoms with E-state index in [2.05, 4.69) is 0 Å². The van der Waals surface area contributed by atoms with Crippen LogP contribution in [0.25, 0.3) is 0 Å². The second-order valence-corrected chi connectivity index (χ2v) is 3.36. The van der Waals surface area contributed by atoms with Gasteiger partial charge in [0.25, 0.3) is 0 Å². The molecule has 1 aromatic carbocycles. The molecular weight excluding hydrogens is 194 g/mol. The van der Waals surface area contributed by atoms with Gasteiger partial charge in [-0.3, -0.25) is 0 Å². The molecule has 0 saturated carbocycles. The van der Waals surface area contributed by atoms with E-state index in [1.165, 1.54) is 0 Å². The Kier molecular flexibility index (Phi) is 4.27. The third kappa shape index (κ3) is 3.69. The van der Waals surface area contributed by atoms with Crippen molar-refractivity contribution in [2.45, 2.75) is 19.6 Å². The third-order valence-electron chi connectivity index (χ3n) is 2.04. The van der Waals surface area contributed by atoms with Crippen LogP contribution in [0.3, 0.4) is 0 Å². The smallest absolute Gasteiger partial charge is 0.335 e. The van der Waals surface area contributed by atoms with E-state index in [-0.39, 0.29) is 11.7 Å². The fraction of sp³-hybridized carbons (Fsp3) is 0.364. The predicted octanol–water partition coefficient (Wildman–Crippen LogP) is 1.25. The number of hydrogen-bond acceptors (Lipinski definition) is 3. The molecule has 1 unspecified atom stereocenters. The molecule has 1 rings (SSSR count). The Morgan fingerprint density at radius 2 is 2.33 bits per heavy atom. The third-order valence-corrected chi connectivity index (χ3v) is 2.04. The van der Waals surface area contributed by atoms with E-state index >= 15 is 0 Å². The minimum Gasteiger partial charge on any atom is -0.478 e. The minimum atomic E-state index is -0.927. The van der Waals surface area contributed by atoms with Crippen LogP contribution in [0.15, 0.2) is 24.3 Å². The number of carboxylic acid groups (broad SMARTS) is 1. The first-order valence-corrected chi connectivity index (χ1v) is 4.77. The van der Waals surface area contributed by atoms with E-state index in [9.17, 15) is 4.79 Å². The van der Waals surface area contributed by atoms with Gasteiger partial charge < -0.3 is 15.6 Å². The van der Waals surface area contributed by atoms with Crippen molar-refractivity contribution in [3.05, 3.63) is 35.4 Å². The number of carbonyl (C=O) groups is 1. The topological polar surface area (TPSA) is 72.5 Å². The van der Waals surface area contributed by atoms with Crippen molar-refractivity contribution < 1.29 is 14.6 Å². The van der Waals surface area contributed by atoms with Gasteiger partial charge in [0.2, 0.25) is 0 Å². The van der Waals surface area contributed by atoms with Crippen LogP contribution in [0.5, 0.6) is 0 Å². The first-order chi connectivity index (χ1) is 7.13. The van der Waals surface area contributed by atoms with Crippen LogP contribution >= 0.6 is 0 Å². The Morgan fingerprint density at radius 1 is 1.60 bits per heavy atom. The fourth-order valence-corrected chi connectivity index (χ4v) is 1.10. The highest BCUT2D eigenvalue weighted by molar-refractivity contribution is 5.87. The summed E-state index contributed by atoms with van der Waals surface area (Å²) in [5, 5.41) is 8.77. The molecule has 4 heteroatoms. The fourth-order valence-electron chi connectivity index (χ4n) is 1.10. The first-order valence-electron chi connectivity index (χ1n) is 4.77. The molecule has 0 aliphatic rings. The summed E-state index contributed by atoms with van der Waals surface area (Å²) in [5.41, 5.74) is 6.51. The van der Waals surface area contributed by atoms with E-state index < -0.39 is 5.97 Å². The van der Waals surface area contributed by atoms with Gasteiger partial charge in [-0.05, 0) is 24.6 Å². The van der Waals surface area contributed by atoms with E-state index in [1.54, 1.807) is 18.2 Å². The molecule has 0 aliphatic heterocycles. The summed E-state index contributed by atoms with van der Waals surface area (Å²) in [6.07, 6.45) is -0.0153. The lowest BCUT2D eigenvalue weighted by Gasteiger charge is -2.10. The molecule has 0 aliphatic carbocycles. The average Bonchev–Trinajstić information content (AvgIpc) is 2.26. The normalized spacial score (nSPS) is 12.4. The van der Waals surface area contributed by atoms with Crippen molar-refractivity contribution in [1.29, 1.82) is 0 Å². The van der Waals surface area contributed by atoms with E-state index in [0.29, 0.717) is 13.2 Å². The molecule has 1 atom stereocenters. The second kappa shape index (κ2) is 5.48. The average molecular weight is 209 g/mol. The van der Waals surface area contributed by atoms with E-state index in [4.69, 9.17) is 15.6 Å². The lowest BCUT2D eigenvalue weighted by Crippen LogP contribution is -2.19. The van der Waals surface area contributed by atoms with Gasteiger partial charge in [-0.1, -0.05) is 12.1 Å². The SMILES string of the molecule is CC(CN)OCc1cccc(C(=O)O)c1. The van der Waals surface area contributed by atoms with Crippen molar-refractivity contribution in [2.75, 3.05) is 6.54 Å². The zero-order valence-corrected chi connectivity index (χ0v) is 8.64. The molecule has 15 heavy (non-hydrogen) atoms. The van der Waals surface area contributed by atoms with Crippen molar-refractivity contribution in [3.63, 3.8) is 0 Å². The van der Waals surface area contributed by atoms with Crippen molar-refractivity contribution in [3.8, 4) is 0 Å². The summed E-state index contributed by atoms with van der Waals surface area (Å²) in [7, 11) is 0. The molecule has 1 aromatic rings. The van der Waals surface area contributed by atoms with E-state index in [0.717, 1.165) is 5.56 Å². The van der Waals surface area contributed by atoms with Crippen molar-refractivity contribution >= 4 is 5.97 Å². The van der Waals surface area contributed by atoms with Gasteiger partial charge in [0, 0.05) is 6.54 Å². The number of hydrogen-bond donors (Lipinski definition) is 2. The number of rotatable bonds is 5. The van der Waals surface area contributed by atoms with Gasteiger partial charge in [0.15, 0.2) is 0 Å². The number of ether oxygens (including phenoxy) is 1. The largest absolute Gasteiger partial charge is 0.478 e. The Morgan fingerprint density at radius 3 is 2.93 bits per heavy atom. The minimum absolute atomic E-state index is 0.0153. The van der Waals surface area contributed by atoms with Crippen LogP contribution in [0.1, 0.15) is 22.8 Å². The van der Waals surface area contributed by atoms with Crippen molar-refractivity contribution in [1.82, 2.24) is 0 Å². The van der Waals surface area contributed by atoms with Crippen molar-refractivity contribution in [2.24, 2.45) is 5.73 Å². The monoisotopic (exact) mass is 209 g/mol.